The van der Waals surface area contributed by atoms with E-state index in [9.17, 15) is 18.0 Å². The molecule has 1 aromatic carbocycles. The average Bonchev–Trinajstić information content (AvgIpc) is 2.35. The van der Waals surface area contributed by atoms with E-state index in [1.54, 1.807) is 0 Å². The smallest absolute Gasteiger partial charge is 0.257 e. The monoisotopic (exact) mass is 337 g/mol. The first-order chi connectivity index (χ1) is 8.89. The molecule has 0 aliphatic heterocycles. The number of halogens is 4. The van der Waals surface area contributed by atoms with E-state index in [-0.39, 0.29) is 0 Å². The number of hydrogen-bond donors (Lipinski definition) is 1. The Morgan fingerprint density at radius 2 is 1.68 bits per heavy atom. The van der Waals surface area contributed by atoms with Gasteiger partial charge in [-0.25, -0.2) is 13.2 Å². The number of amides is 1. The van der Waals surface area contributed by atoms with Gasteiger partial charge in [0.05, 0.1) is 0 Å². The molecule has 1 N–H and O–H groups in total. The van der Waals surface area contributed by atoms with E-state index in [0.29, 0.717) is 30.3 Å². The van der Waals surface area contributed by atoms with Gasteiger partial charge in [-0.2, -0.15) is 0 Å². The molecule has 0 heterocycles. The maximum Gasteiger partial charge on any atom is 0.257 e. The number of carbonyl (C=O) groups is 1. The molecule has 0 fully saturated rings. The van der Waals surface area contributed by atoms with Crippen molar-refractivity contribution in [3.05, 3.63) is 35.1 Å². The van der Waals surface area contributed by atoms with Crippen LogP contribution in [0.1, 0.15) is 37.0 Å². The molecule has 106 valence electrons. The van der Waals surface area contributed by atoms with Gasteiger partial charge in [-0.3, -0.25) is 4.79 Å². The van der Waals surface area contributed by atoms with Crippen molar-refractivity contribution < 1.29 is 18.0 Å². The lowest BCUT2D eigenvalue weighted by atomic mass is 9.95. The van der Waals surface area contributed by atoms with Crippen LogP contribution in [0.5, 0.6) is 0 Å². The molecule has 0 unspecified atom stereocenters. The Kier molecular flexibility index (Phi) is 5.40. The minimum atomic E-state index is -1.20. The fourth-order valence-corrected chi connectivity index (χ4v) is 2.64. The molecule has 0 aliphatic rings. The van der Waals surface area contributed by atoms with E-state index in [1.165, 1.54) is 0 Å². The molecule has 0 aromatic heterocycles. The van der Waals surface area contributed by atoms with E-state index in [4.69, 9.17) is 0 Å². The molecule has 0 radical (unpaired) electrons. The number of hydrogen-bond acceptors (Lipinski definition) is 1. The van der Waals surface area contributed by atoms with E-state index in [2.05, 4.69) is 21.2 Å². The average molecular weight is 338 g/mol. The van der Waals surface area contributed by atoms with Crippen LogP contribution in [0.15, 0.2) is 12.1 Å². The zero-order valence-electron chi connectivity index (χ0n) is 10.7. The SMILES string of the molecule is CCC(CC)(CBr)NC(=O)c1c(F)cc(F)cc1F. The lowest BCUT2D eigenvalue weighted by molar-refractivity contribution is 0.0895. The third-order valence-electron chi connectivity index (χ3n) is 3.22. The van der Waals surface area contributed by atoms with E-state index < -0.39 is 34.5 Å². The summed E-state index contributed by atoms with van der Waals surface area (Å²) in [7, 11) is 0. The van der Waals surface area contributed by atoms with Gasteiger partial charge in [0.1, 0.15) is 23.0 Å². The molecule has 19 heavy (non-hydrogen) atoms. The summed E-state index contributed by atoms with van der Waals surface area (Å²) in [6.45, 7) is 3.73. The van der Waals surface area contributed by atoms with Crippen LogP contribution in [0.3, 0.4) is 0 Å². The highest BCUT2D eigenvalue weighted by Crippen LogP contribution is 2.21. The second-order valence-electron chi connectivity index (χ2n) is 4.32. The summed E-state index contributed by atoms with van der Waals surface area (Å²) in [6, 6.07) is 0.984. The topological polar surface area (TPSA) is 29.1 Å². The third kappa shape index (κ3) is 3.49. The van der Waals surface area contributed by atoms with Crippen molar-refractivity contribution in [3.63, 3.8) is 0 Å². The number of rotatable bonds is 5. The summed E-state index contributed by atoms with van der Waals surface area (Å²) in [5.74, 6) is -4.33. The molecule has 1 amide bonds. The summed E-state index contributed by atoms with van der Waals surface area (Å²) >= 11 is 3.28. The standard InChI is InChI=1S/C13H15BrF3NO/c1-3-13(4-2,7-14)18-12(19)11-9(16)5-8(15)6-10(11)17/h5-6H,3-4,7H2,1-2H3,(H,18,19). The van der Waals surface area contributed by atoms with Crippen molar-refractivity contribution in [2.75, 3.05) is 5.33 Å². The largest absolute Gasteiger partial charge is 0.346 e. The first-order valence-corrected chi connectivity index (χ1v) is 7.04. The van der Waals surface area contributed by atoms with Gasteiger partial charge < -0.3 is 5.32 Å². The molecular formula is C13H15BrF3NO. The fourth-order valence-electron chi connectivity index (χ4n) is 1.71. The highest BCUT2D eigenvalue weighted by molar-refractivity contribution is 9.09. The van der Waals surface area contributed by atoms with Gasteiger partial charge in [0, 0.05) is 23.0 Å². The number of carbonyl (C=O) groups excluding carboxylic acids is 1. The Balaban J connectivity index is 3.08. The Labute approximate surface area is 118 Å². The van der Waals surface area contributed by atoms with Crippen molar-refractivity contribution in [1.29, 1.82) is 0 Å². The molecule has 0 saturated heterocycles. The Bertz CT molecular complexity index is 444. The highest BCUT2D eigenvalue weighted by Gasteiger charge is 2.29. The van der Waals surface area contributed by atoms with Crippen LogP contribution in [0.4, 0.5) is 13.2 Å². The zero-order valence-corrected chi connectivity index (χ0v) is 12.3. The molecule has 0 aliphatic carbocycles. The molecule has 0 atom stereocenters. The first-order valence-electron chi connectivity index (χ1n) is 5.92. The van der Waals surface area contributed by atoms with Crippen LogP contribution < -0.4 is 5.32 Å². The van der Waals surface area contributed by atoms with E-state index >= 15 is 0 Å². The second kappa shape index (κ2) is 6.41. The van der Waals surface area contributed by atoms with Gasteiger partial charge in [-0.05, 0) is 12.8 Å². The summed E-state index contributed by atoms with van der Waals surface area (Å²) in [5, 5.41) is 3.07. The summed E-state index contributed by atoms with van der Waals surface area (Å²) in [5.41, 5.74) is -1.33. The molecule has 6 heteroatoms. The van der Waals surface area contributed by atoms with Crippen LogP contribution in [-0.4, -0.2) is 16.8 Å². The van der Waals surface area contributed by atoms with Crippen LogP contribution in [-0.2, 0) is 0 Å². The van der Waals surface area contributed by atoms with Gasteiger partial charge in [0.2, 0.25) is 0 Å². The second-order valence-corrected chi connectivity index (χ2v) is 4.88. The summed E-state index contributed by atoms with van der Waals surface area (Å²) < 4.78 is 39.8. The first kappa shape index (κ1) is 16.0. The maximum atomic E-state index is 13.5. The van der Waals surface area contributed by atoms with Crippen LogP contribution in [0.2, 0.25) is 0 Å². The van der Waals surface area contributed by atoms with Crippen molar-refractivity contribution in [1.82, 2.24) is 5.32 Å². The predicted octanol–water partition coefficient (Wildman–Crippen LogP) is 3.79. The molecule has 1 aromatic rings. The number of nitrogens with one attached hydrogen (secondary N) is 1. The minimum Gasteiger partial charge on any atom is -0.346 e. The van der Waals surface area contributed by atoms with Gasteiger partial charge in [0.25, 0.3) is 5.91 Å². The normalized spacial score (nSPS) is 11.5. The highest BCUT2D eigenvalue weighted by atomic mass is 79.9. The van der Waals surface area contributed by atoms with Gasteiger partial charge >= 0.3 is 0 Å². The summed E-state index contributed by atoms with van der Waals surface area (Å²) in [6.07, 6.45) is 1.20. The van der Waals surface area contributed by atoms with Crippen LogP contribution in [0.25, 0.3) is 0 Å². The number of benzene rings is 1. The molecule has 0 bridgehead atoms. The molecule has 0 saturated carbocycles. The zero-order chi connectivity index (χ0) is 14.6. The minimum absolute atomic E-state index is 0.461. The Morgan fingerprint density at radius 3 is 2.05 bits per heavy atom. The van der Waals surface area contributed by atoms with Gasteiger partial charge in [0.15, 0.2) is 0 Å². The molecular weight excluding hydrogens is 323 g/mol. The fraction of sp³-hybridized carbons (Fsp3) is 0.462. The lowest BCUT2D eigenvalue weighted by Gasteiger charge is -2.31. The lowest BCUT2D eigenvalue weighted by Crippen LogP contribution is -2.49. The van der Waals surface area contributed by atoms with Crippen LogP contribution >= 0.6 is 15.9 Å². The third-order valence-corrected chi connectivity index (χ3v) is 4.30. The van der Waals surface area contributed by atoms with Crippen molar-refractivity contribution in [2.45, 2.75) is 32.2 Å². The predicted molar refractivity (Wildman–Crippen MR) is 70.9 cm³/mol. The van der Waals surface area contributed by atoms with E-state index in [0.717, 1.165) is 0 Å². The van der Waals surface area contributed by atoms with Gasteiger partial charge in [-0.15, -0.1) is 0 Å². The molecule has 1 rings (SSSR count). The Hall–Kier alpha value is -1.04. The van der Waals surface area contributed by atoms with Gasteiger partial charge in [-0.1, -0.05) is 29.8 Å². The Morgan fingerprint density at radius 1 is 1.21 bits per heavy atom. The van der Waals surface area contributed by atoms with Crippen molar-refractivity contribution in [3.8, 4) is 0 Å². The maximum absolute atomic E-state index is 13.5. The van der Waals surface area contributed by atoms with Crippen LogP contribution in [0, 0.1) is 17.5 Å². The van der Waals surface area contributed by atoms with Crippen molar-refractivity contribution >= 4 is 21.8 Å². The summed E-state index contributed by atoms with van der Waals surface area (Å²) in [4.78, 5) is 12.0. The molecule has 0 spiro atoms. The molecule has 2 nitrogen and oxygen atoms in total. The van der Waals surface area contributed by atoms with Crippen molar-refractivity contribution in [2.24, 2.45) is 0 Å². The number of alkyl halides is 1. The van der Waals surface area contributed by atoms with E-state index in [1.807, 2.05) is 13.8 Å². The quantitative estimate of drug-likeness (QED) is 0.814.